The smallest absolute Gasteiger partial charge is 0.236 e. The molecule has 0 spiro atoms. The Morgan fingerprint density at radius 3 is 2.52 bits per heavy atom. The van der Waals surface area contributed by atoms with Crippen molar-refractivity contribution in [3.05, 3.63) is 41.5 Å². The molecular weight excluding hydrogens is 334 g/mol. The summed E-state index contributed by atoms with van der Waals surface area (Å²) in [6.07, 6.45) is 0. The molecule has 0 saturated heterocycles. The number of hydrogen-bond donors (Lipinski definition) is 1. The van der Waals surface area contributed by atoms with Gasteiger partial charge in [-0.25, -0.2) is 9.97 Å². The van der Waals surface area contributed by atoms with E-state index < -0.39 is 0 Å². The number of hydrogen-bond acceptors (Lipinski definition) is 6. The van der Waals surface area contributed by atoms with Crippen LogP contribution in [0.3, 0.4) is 0 Å². The molecule has 2 N–H and O–H groups in total. The standard InChI is InChI=1S/C18H21N5OS/c1-22(2)10-15-20-17(23(3)9-14(19)24)16-13(11-25-18(16)21-15)12-7-5-4-6-8-12/h4-8,11H,9-10H2,1-3H3,(H2,19,24). The first kappa shape index (κ1) is 17.3. The van der Waals surface area contributed by atoms with Crippen LogP contribution in [-0.2, 0) is 11.3 Å². The Labute approximate surface area is 150 Å². The Bertz CT molecular complexity index is 891. The van der Waals surface area contributed by atoms with Gasteiger partial charge in [0.25, 0.3) is 0 Å². The molecular formula is C18H21N5OS. The molecule has 0 saturated carbocycles. The van der Waals surface area contributed by atoms with Crippen LogP contribution in [0, 0.1) is 0 Å². The van der Waals surface area contributed by atoms with Crippen molar-refractivity contribution < 1.29 is 4.79 Å². The third-order valence-electron chi connectivity index (χ3n) is 3.76. The Kier molecular flexibility index (Phi) is 4.96. The second kappa shape index (κ2) is 7.16. The predicted molar refractivity (Wildman–Crippen MR) is 103 cm³/mol. The van der Waals surface area contributed by atoms with Gasteiger partial charge in [0.2, 0.25) is 5.91 Å². The van der Waals surface area contributed by atoms with E-state index in [4.69, 9.17) is 15.7 Å². The fourth-order valence-corrected chi connectivity index (χ4v) is 3.70. The first-order chi connectivity index (χ1) is 12.0. The number of rotatable bonds is 6. The molecule has 130 valence electrons. The van der Waals surface area contributed by atoms with Crippen molar-refractivity contribution in [2.24, 2.45) is 5.73 Å². The Hall–Kier alpha value is -2.51. The summed E-state index contributed by atoms with van der Waals surface area (Å²) in [4.78, 5) is 25.6. The largest absolute Gasteiger partial charge is 0.368 e. The van der Waals surface area contributed by atoms with Crippen LogP contribution < -0.4 is 10.6 Å². The van der Waals surface area contributed by atoms with Crippen molar-refractivity contribution in [1.29, 1.82) is 0 Å². The minimum Gasteiger partial charge on any atom is -0.368 e. The van der Waals surface area contributed by atoms with Crippen molar-refractivity contribution in [1.82, 2.24) is 14.9 Å². The molecule has 0 bridgehead atoms. The number of anilines is 1. The van der Waals surface area contributed by atoms with E-state index in [0.717, 1.165) is 33.0 Å². The fraction of sp³-hybridized carbons (Fsp3) is 0.278. The monoisotopic (exact) mass is 355 g/mol. The van der Waals surface area contributed by atoms with Crippen LogP contribution in [0.2, 0.25) is 0 Å². The number of carbonyl (C=O) groups is 1. The highest BCUT2D eigenvalue weighted by atomic mass is 32.1. The second-order valence-electron chi connectivity index (χ2n) is 6.22. The quantitative estimate of drug-likeness (QED) is 0.734. The number of benzene rings is 1. The van der Waals surface area contributed by atoms with Gasteiger partial charge < -0.3 is 15.5 Å². The summed E-state index contributed by atoms with van der Waals surface area (Å²) in [6, 6.07) is 10.1. The summed E-state index contributed by atoms with van der Waals surface area (Å²) < 4.78 is 0. The van der Waals surface area contributed by atoms with Crippen LogP contribution in [0.5, 0.6) is 0 Å². The molecule has 0 aliphatic carbocycles. The SMILES string of the molecule is CN(C)Cc1nc(N(C)CC(N)=O)c2c(-c3ccccc3)csc2n1. The summed E-state index contributed by atoms with van der Waals surface area (Å²) in [7, 11) is 5.78. The molecule has 2 aromatic heterocycles. The zero-order valence-corrected chi connectivity index (χ0v) is 15.4. The molecule has 7 heteroatoms. The van der Waals surface area contributed by atoms with Crippen molar-refractivity contribution in [2.75, 3.05) is 32.6 Å². The lowest BCUT2D eigenvalue weighted by Gasteiger charge is -2.19. The highest BCUT2D eigenvalue weighted by Gasteiger charge is 2.19. The van der Waals surface area contributed by atoms with Crippen LogP contribution in [0.15, 0.2) is 35.7 Å². The molecule has 0 radical (unpaired) electrons. The van der Waals surface area contributed by atoms with Gasteiger partial charge in [-0.1, -0.05) is 30.3 Å². The zero-order valence-electron chi connectivity index (χ0n) is 14.6. The number of amides is 1. The number of nitrogens with zero attached hydrogens (tertiary/aromatic N) is 4. The zero-order chi connectivity index (χ0) is 18.0. The van der Waals surface area contributed by atoms with E-state index in [-0.39, 0.29) is 12.5 Å². The molecule has 0 atom stereocenters. The summed E-state index contributed by atoms with van der Waals surface area (Å²) in [6.45, 7) is 0.740. The van der Waals surface area contributed by atoms with E-state index in [2.05, 4.69) is 17.5 Å². The minimum atomic E-state index is -0.389. The van der Waals surface area contributed by atoms with Gasteiger partial charge in [-0.05, 0) is 19.7 Å². The van der Waals surface area contributed by atoms with E-state index in [0.29, 0.717) is 6.54 Å². The number of likely N-dealkylation sites (N-methyl/N-ethyl adjacent to an activating group) is 1. The van der Waals surface area contributed by atoms with E-state index in [9.17, 15) is 4.79 Å². The summed E-state index contributed by atoms with van der Waals surface area (Å²) in [5, 5.41) is 3.05. The van der Waals surface area contributed by atoms with Gasteiger partial charge in [0.1, 0.15) is 16.5 Å². The molecule has 0 aliphatic rings. The maximum atomic E-state index is 11.4. The van der Waals surface area contributed by atoms with E-state index in [1.807, 2.05) is 44.2 Å². The lowest BCUT2D eigenvalue weighted by molar-refractivity contribution is -0.116. The Morgan fingerprint density at radius 1 is 1.16 bits per heavy atom. The van der Waals surface area contributed by atoms with Gasteiger partial charge in [-0.3, -0.25) is 4.79 Å². The lowest BCUT2D eigenvalue weighted by atomic mass is 10.1. The first-order valence-electron chi connectivity index (χ1n) is 7.93. The van der Waals surface area contributed by atoms with Gasteiger partial charge in [0, 0.05) is 18.0 Å². The number of fused-ring (bicyclic) bond motifs is 1. The van der Waals surface area contributed by atoms with Crippen LogP contribution in [0.4, 0.5) is 5.82 Å². The fourth-order valence-electron chi connectivity index (χ4n) is 2.74. The maximum Gasteiger partial charge on any atom is 0.236 e. The third-order valence-corrected chi connectivity index (χ3v) is 4.63. The van der Waals surface area contributed by atoms with E-state index >= 15 is 0 Å². The average Bonchev–Trinajstić information content (AvgIpc) is 2.97. The van der Waals surface area contributed by atoms with Gasteiger partial charge in [0.15, 0.2) is 0 Å². The molecule has 2 heterocycles. The number of primary amides is 1. The normalized spacial score (nSPS) is 11.2. The minimum absolute atomic E-state index is 0.109. The van der Waals surface area contributed by atoms with Gasteiger partial charge >= 0.3 is 0 Å². The molecule has 0 fully saturated rings. The van der Waals surface area contributed by atoms with Crippen molar-refractivity contribution in [2.45, 2.75) is 6.54 Å². The molecule has 1 amide bonds. The number of nitrogens with two attached hydrogens (primary N) is 1. The summed E-state index contributed by atoms with van der Waals surface area (Å²) in [5.74, 6) is 1.07. The van der Waals surface area contributed by atoms with Gasteiger partial charge in [-0.15, -0.1) is 11.3 Å². The summed E-state index contributed by atoms with van der Waals surface area (Å²) >= 11 is 1.59. The highest BCUT2D eigenvalue weighted by Crippen LogP contribution is 2.38. The van der Waals surface area contributed by atoms with Crippen molar-refractivity contribution in [3.8, 4) is 11.1 Å². The second-order valence-corrected chi connectivity index (χ2v) is 7.08. The van der Waals surface area contributed by atoms with E-state index in [1.54, 1.807) is 16.2 Å². The number of aromatic nitrogens is 2. The van der Waals surface area contributed by atoms with Crippen LogP contribution in [-0.4, -0.2) is 48.5 Å². The molecule has 0 aliphatic heterocycles. The van der Waals surface area contributed by atoms with Crippen molar-refractivity contribution in [3.63, 3.8) is 0 Å². The van der Waals surface area contributed by atoms with Crippen LogP contribution in [0.25, 0.3) is 21.3 Å². The molecule has 0 unspecified atom stereocenters. The van der Waals surface area contributed by atoms with Gasteiger partial charge in [-0.2, -0.15) is 0 Å². The third kappa shape index (κ3) is 3.78. The lowest BCUT2D eigenvalue weighted by Crippen LogP contribution is -2.31. The Balaban J connectivity index is 2.19. The number of thiophene rings is 1. The van der Waals surface area contributed by atoms with E-state index in [1.165, 1.54) is 0 Å². The molecule has 25 heavy (non-hydrogen) atoms. The van der Waals surface area contributed by atoms with Crippen molar-refractivity contribution >= 4 is 33.3 Å². The summed E-state index contributed by atoms with van der Waals surface area (Å²) in [5.41, 5.74) is 7.56. The molecule has 6 nitrogen and oxygen atoms in total. The molecule has 3 rings (SSSR count). The average molecular weight is 355 g/mol. The number of carbonyl (C=O) groups excluding carboxylic acids is 1. The predicted octanol–water partition coefficient (Wildman–Crippen LogP) is 2.34. The van der Waals surface area contributed by atoms with Crippen LogP contribution >= 0.6 is 11.3 Å². The topological polar surface area (TPSA) is 75.3 Å². The first-order valence-corrected chi connectivity index (χ1v) is 8.81. The Morgan fingerprint density at radius 2 is 1.88 bits per heavy atom. The molecule has 3 aromatic rings. The maximum absolute atomic E-state index is 11.4. The molecule has 1 aromatic carbocycles. The van der Waals surface area contributed by atoms with Gasteiger partial charge in [0.05, 0.1) is 18.5 Å². The highest BCUT2D eigenvalue weighted by molar-refractivity contribution is 7.17. The van der Waals surface area contributed by atoms with Crippen LogP contribution in [0.1, 0.15) is 5.82 Å².